The highest BCUT2D eigenvalue weighted by Gasteiger charge is 2.31. The molecule has 0 atom stereocenters. The van der Waals surface area contributed by atoms with Crippen LogP contribution in [0.5, 0.6) is 0 Å². The van der Waals surface area contributed by atoms with Gasteiger partial charge in [-0.3, -0.25) is 0 Å². The molecule has 0 amide bonds. The molecule has 0 aromatic carbocycles. The maximum absolute atomic E-state index is 5.97. The van der Waals surface area contributed by atoms with Gasteiger partial charge in [-0.1, -0.05) is 26.2 Å². The van der Waals surface area contributed by atoms with Gasteiger partial charge < -0.3 is 10.1 Å². The second-order valence-electron chi connectivity index (χ2n) is 7.33. The van der Waals surface area contributed by atoms with Crippen LogP contribution < -0.4 is 5.32 Å². The van der Waals surface area contributed by atoms with Crippen LogP contribution in [0.4, 0.5) is 5.95 Å². The Morgan fingerprint density at radius 2 is 2.20 bits per heavy atom. The summed E-state index contributed by atoms with van der Waals surface area (Å²) in [7, 11) is 0. The zero-order valence-corrected chi connectivity index (χ0v) is 15.9. The van der Waals surface area contributed by atoms with Crippen molar-refractivity contribution in [1.29, 1.82) is 0 Å². The first-order valence-corrected chi connectivity index (χ1v) is 9.92. The van der Waals surface area contributed by atoms with Gasteiger partial charge in [0.1, 0.15) is 11.2 Å². The lowest BCUT2D eigenvalue weighted by Gasteiger charge is -2.30. The van der Waals surface area contributed by atoms with Crippen LogP contribution in [0.3, 0.4) is 0 Å². The Morgan fingerprint density at radius 1 is 1.32 bits per heavy atom. The Morgan fingerprint density at radius 3 is 3.04 bits per heavy atom. The number of ether oxygens (including phenoxy) is 1. The number of nitrogens with one attached hydrogen (secondary N) is 1. The molecule has 6 nitrogen and oxygen atoms in total. The summed E-state index contributed by atoms with van der Waals surface area (Å²) in [5.41, 5.74) is 2.08. The number of aromatic nitrogens is 4. The average Bonchev–Trinajstić information content (AvgIpc) is 3.17. The Labute approximate surface area is 151 Å². The molecule has 0 radical (unpaired) electrons. The standard InChI is InChI=1S/C18H25N5OS/c1-4-5-6-7-8-19-17-22-16-14(15-20-11-21-23(15)17)12-9-18(2,3)24-10-13(12)25-16/h11H,4-10H2,1-3H3,(H,19,22). The van der Waals surface area contributed by atoms with Gasteiger partial charge in [0.15, 0.2) is 5.65 Å². The van der Waals surface area contributed by atoms with Gasteiger partial charge in [-0.15, -0.1) is 11.3 Å². The van der Waals surface area contributed by atoms with E-state index in [0.717, 1.165) is 41.2 Å². The first-order chi connectivity index (χ1) is 12.1. The van der Waals surface area contributed by atoms with Crippen molar-refractivity contribution in [3.8, 4) is 0 Å². The quantitative estimate of drug-likeness (QED) is 0.669. The van der Waals surface area contributed by atoms with E-state index in [4.69, 9.17) is 9.72 Å². The summed E-state index contributed by atoms with van der Waals surface area (Å²) in [6.07, 6.45) is 7.42. The number of anilines is 1. The first kappa shape index (κ1) is 16.7. The molecule has 1 aliphatic heterocycles. The van der Waals surface area contributed by atoms with Crippen LogP contribution in [0.1, 0.15) is 56.9 Å². The van der Waals surface area contributed by atoms with Crippen LogP contribution in [0, 0.1) is 0 Å². The maximum atomic E-state index is 5.97. The van der Waals surface area contributed by atoms with Gasteiger partial charge >= 0.3 is 0 Å². The van der Waals surface area contributed by atoms with E-state index in [9.17, 15) is 0 Å². The molecule has 0 unspecified atom stereocenters. The van der Waals surface area contributed by atoms with E-state index in [2.05, 4.69) is 36.2 Å². The number of unbranched alkanes of at least 4 members (excludes halogenated alkanes) is 3. The number of hydrogen-bond donors (Lipinski definition) is 1. The Hall–Kier alpha value is -1.73. The topological polar surface area (TPSA) is 64.3 Å². The van der Waals surface area contributed by atoms with Crippen molar-refractivity contribution in [3.63, 3.8) is 0 Å². The van der Waals surface area contributed by atoms with E-state index in [1.807, 2.05) is 4.52 Å². The average molecular weight is 359 g/mol. The molecular formula is C18H25N5OS. The van der Waals surface area contributed by atoms with Crippen LogP contribution >= 0.6 is 11.3 Å². The third-order valence-electron chi connectivity index (χ3n) is 4.76. The fourth-order valence-electron chi connectivity index (χ4n) is 3.43. The van der Waals surface area contributed by atoms with E-state index < -0.39 is 0 Å². The molecule has 0 fully saturated rings. The van der Waals surface area contributed by atoms with Crippen molar-refractivity contribution in [2.24, 2.45) is 0 Å². The van der Waals surface area contributed by atoms with Crippen molar-refractivity contribution in [3.05, 3.63) is 16.8 Å². The second kappa shape index (κ2) is 6.53. The smallest absolute Gasteiger partial charge is 0.227 e. The van der Waals surface area contributed by atoms with E-state index in [0.29, 0.717) is 6.61 Å². The van der Waals surface area contributed by atoms with Gasteiger partial charge in [-0.25, -0.2) is 9.97 Å². The molecule has 134 valence electrons. The maximum Gasteiger partial charge on any atom is 0.227 e. The zero-order valence-electron chi connectivity index (χ0n) is 15.1. The molecular weight excluding hydrogens is 334 g/mol. The number of nitrogens with zero attached hydrogens (tertiary/aromatic N) is 4. The van der Waals surface area contributed by atoms with Gasteiger partial charge in [0, 0.05) is 17.8 Å². The van der Waals surface area contributed by atoms with Crippen molar-refractivity contribution in [1.82, 2.24) is 19.6 Å². The van der Waals surface area contributed by atoms with E-state index in [-0.39, 0.29) is 5.60 Å². The van der Waals surface area contributed by atoms with E-state index in [1.54, 1.807) is 17.7 Å². The SMILES string of the molecule is CCCCCCNc1nc2sc3c(c2c2ncnn12)CC(C)(C)OC3. The molecule has 3 aromatic rings. The number of rotatable bonds is 6. The van der Waals surface area contributed by atoms with Crippen molar-refractivity contribution < 1.29 is 4.74 Å². The van der Waals surface area contributed by atoms with Crippen molar-refractivity contribution in [2.75, 3.05) is 11.9 Å². The summed E-state index contributed by atoms with van der Waals surface area (Å²) in [5, 5.41) is 8.99. The highest BCUT2D eigenvalue weighted by atomic mass is 32.1. The van der Waals surface area contributed by atoms with E-state index in [1.165, 1.54) is 29.7 Å². The van der Waals surface area contributed by atoms with Crippen LogP contribution in [0.2, 0.25) is 0 Å². The molecule has 7 heteroatoms. The molecule has 1 aliphatic rings. The molecule has 0 saturated carbocycles. The summed E-state index contributed by atoms with van der Waals surface area (Å²) in [6.45, 7) is 8.07. The van der Waals surface area contributed by atoms with Crippen LogP contribution in [-0.4, -0.2) is 31.7 Å². The van der Waals surface area contributed by atoms with Gasteiger partial charge in [-0.05, 0) is 25.8 Å². The molecule has 0 bridgehead atoms. The largest absolute Gasteiger partial charge is 0.370 e. The van der Waals surface area contributed by atoms with E-state index >= 15 is 0 Å². The molecule has 0 aliphatic carbocycles. The third-order valence-corrected chi connectivity index (χ3v) is 5.86. The highest BCUT2D eigenvalue weighted by molar-refractivity contribution is 7.19. The minimum Gasteiger partial charge on any atom is -0.370 e. The van der Waals surface area contributed by atoms with Crippen LogP contribution in [0.15, 0.2) is 6.33 Å². The predicted molar refractivity (Wildman–Crippen MR) is 101 cm³/mol. The van der Waals surface area contributed by atoms with Crippen LogP contribution in [-0.2, 0) is 17.8 Å². The third kappa shape index (κ3) is 3.11. The van der Waals surface area contributed by atoms with Crippen molar-refractivity contribution in [2.45, 2.75) is 65.1 Å². The number of fused-ring (bicyclic) bond motifs is 5. The highest BCUT2D eigenvalue weighted by Crippen LogP contribution is 2.40. The molecule has 4 rings (SSSR count). The Kier molecular flexibility index (Phi) is 4.37. The minimum absolute atomic E-state index is 0.145. The van der Waals surface area contributed by atoms with Gasteiger partial charge in [0.2, 0.25) is 5.95 Å². The minimum atomic E-state index is -0.145. The molecule has 4 heterocycles. The first-order valence-electron chi connectivity index (χ1n) is 9.11. The van der Waals surface area contributed by atoms with Crippen molar-refractivity contribution >= 4 is 33.1 Å². The summed E-state index contributed by atoms with van der Waals surface area (Å²) in [4.78, 5) is 11.7. The van der Waals surface area contributed by atoms with Gasteiger partial charge in [-0.2, -0.15) is 9.61 Å². The molecule has 3 aromatic heterocycles. The summed E-state index contributed by atoms with van der Waals surface area (Å²) in [5.74, 6) is 0.787. The second-order valence-corrected chi connectivity index (χ2v) is 8.41. The zero-order chi connectivity index (χ0) is 17.4. The Balaban J connectivity index is 1.71. The van der Waals surface area contributed by atoms with Crippen LogP contribution in [0.25, 0.3) is 15.9 Å². The monoisotopic (exact) mass is 359 g/mol. The number of hydrogen-bond acceptors (Lipinski definition) is 6. The molecule has 1 N–H and O–H groups in total. The normalized spacial score (nSPS) is 16.4. The van der Waals surface area contributed by atoms with Gasteiger partial charge in [0.05, 0.1) is 17.6 Å². The van der Waals surface area contributed by atoms with Gasteiger partial charge in [0.25, 0.3) is 0 Å². The Bertz CT molecular complexity index is 898. The lowest BCUT2D eigenvalue weighted by molar-refractivity contribution is -0.0379. The summed E-state index contributed by atoms with van der Waals surface area (Å²) < 4.78 is 7.82. The number of thiophene rings is 1. The molecule has 0 saturated heterocycles. The summed E-state index contributed by atoms with van der Waals surface area (Å²) in [6, 6.07) is 0. The predicted octanol–water partition coefficient (Wildman–Crippen LogP) is 4.18. The molecule has 25 heavy (non-hydrogen) atoms. The molecule has 0 spiro atoms. The summed E-state index contributed by atoms with van der Waals surface area (Å²) >= 11 is 1.72. The fraction of sp³-hybridized carbons (Fsp3) is 0.611. The lowest BCUT2D eigenvalue weighted by Crippen LogP contribution is -2.31. The lowest BCUT2D eigenvalue weighted by atomic mass is 9.94. The fourth-order valence-corrected chi connectivity index (χ4v) is 4.52.